The smallest absolute Gasteiger partial charge is 0.134 e. The van der Waals surface area contributed by atoms with Gasteiger partial charge in [0.15, 0.2) is 0 Å². The van der Waals surface area contributed by atoms with Gasteiger partial charge in [-0.25, -0.2) is 9.97 Å². The van der Waals surface area contributed by atoms with E-state index in [4.69, 9.17) is 9.72 Å². The summed E-state index contributed by atoms with van der Waals surface area (Å²) in [7, 11) is 0. The molecule has 0 bridgehead atoms. The molecule has 1 N–H and O–H groups in total. The number of hydrogen-bond donors (Lipinski definition) is 1. The zero-order chi connectivity index (χ0) is 15.2. The minimum absolute atomic E-state index is 0.241. The predicted octanol–water partition coefficient (Wildman–Crippen LogP) is 2.86. The first-order valence-electron chi connectivity index (χ1n) is 8.14. The second-order valence-corrected chi connectivity index (χ2v) is 5.87. The Hall–Kier alpha value is -1.36. The molecule has 2 atom stereocenters. The first-order valence-corrected chi connectivity index (χ1v) is 8.14. The van der Waals surface area contributed by atoms with E-state index in [1.807, 2.05) is 0 Å². The molecule has 2 rings (SSSR count). The molecule has 1 aromatic rings. The van der Waals surface area contributed by atoms with Crippen molar-refractivity contribution < 1.29 is 4.74 Å². The van der Waals surface area contributed by atoms with Gasteiger partial charge in [0.05, 0.1) is 12.2 Å². The Morgan fingerprint density at radius 2 is 1.90 bits per heavy atom. The molecule has 0 aromatic carbocycles. The minimum atomic E-state index is 0.241. The molecule has 0 radical (unpaired) electrons. The van der Waals surface area contributed by atoms with E-state index in [0.717, 1.165) is 56.4 Å². The van der Waals surface area contributed by atoms with Crippen LogP contribution >= 0.6 is 0 Å². The number of anilines is 2. The van der Waals surface area contributed by atoms with Crippen LogP contribution in [0, 0.1) is 0 Å². The van der Waals surface area contributed by atoms with Crippen LogP contribution in [0.25, 0.3) is 0 Å². The second kappa shape index (κ2) is 7.59. The summed E-state index contributed by atoms with van der Waals surface area (Å²) in [5.74, 6) is 2.89. The van der Waals surface area contributed by atoms with Gasteiger partial charge in [-0.1, -0.05) is 13.8 Å². The Morgan fingerprint density at radius 1 is 1.19 bits per heavy atom. The summed E-state index contributed by atoms with van der Waals surface area (Å²) in [4.78, 5) is 11.7. The van der Waals surface area contributed by atoms with Gasteiger partial charge in [0.2, 0.25) is 0 Å². The molecular formula is C16H28N4O. The van der Waals surface area contributed by atoms with Gasteiger partial charge in [-0.3, -0.25) is 0 Å². The fourth-order valence-corrected chi connectivity index (χ4v) is 2.69. The topological polar surface area (TPSA) is 50.3 Å². The maximum atomic E-state index is 5.81. The van der Waals surface area contributed by atoms with Gasteiger partial charge in [-0.2, -0.15) is 0 Å². The maximum Gasteiger partial charge on any atom is 0.134 e. The second-order valence-electron chi connectivity index (χ2n) is 5.87. The molecule has 5 nitrogen and oxygen atoms in total. The summed E-state index contributed by atoms with van der Waals surface area (Å²) in [6, 6.07) is 2.07. The van der Waals surface area contributed by atoms with Crippen molar-refractivity contribution in [2.75, 3.05) is 29.9 Å². The van der Waals surface area contributed by atoms with Crippen LogP contribution in [0.15, 0.2) is 6.07 Å². The average molecular weight is 292 g/mol. The zero-order valence-electron chi connectivity index (χ0n) is 13.7. The number of rotatable bonds is 6. The lowest BCUT2D eigenvalue weighted by atomic mass is 10.2. The zero-order valence-corrected chi connectivity index (χ0v) is 13.7. The van der Waals surface area contributed by atoms with E-state index in [-0.39, 0.29) is 12.2 Å². The summed E-state index contributed by atoms with van der Waals surface area (Å²) in [5.41, 5.74) is 0. The largest absolute Gasteiger partial charge is 0.372 e. The number of nitrogens with zero attached hydrogens (tertiary/aromatic N) is 3. The van der Waals surface area contributed by atoms with E-state index >= 15 is 0 Å². The Labute approximate surface area is 128 Å². The summed E-state index contributed by atoms with van der Waals surface area (Å²) in [6.07, 6.45) is 3.56. The quantitative estimate of drug-likeness (QED) is 0.873. The number of hydrogen-bond acceptors (Lipinski definition) is 5. The van der Waals surface area contributed by atoms with E-state index in [0.29, 0.717) is 0 Å². The molecule has 0 aliphatic carbocycles. The van der Waals surface area contributed by atoms with Crippen LogP contribution in [-0.4, -0.2) is 41.8 Å². The van der Waals surface area contributed by atoms with Gasteiger partial charge in [-0.15, -0.1) is 0 Å². The van der Waals surface area contributed by atoms with Crippen molar-refractivity contribution >= 4 is 11.6 Å². The van der Waals surface area contributed by atoms with Gasteiger partial charge in [0, 0.05) is 32.1 Å². The molecule has 2 unspecified atom stereocenters. The van der Waals surface area contributed by atoms with Crippen LogP contribution in [0.3, 0.4) is 0 Å². The van der Waals surface area contributed by atoms with E-state index in [1.54, 1.807) is 0 Å². The summed E-state index contributed by atoms with van der Waals surface area (Å²) < 4.78 is 5.81. The number of aromatic nitrogens is 2. The fraction of sp³-hybridized carbons (Fsp3) is 0.750. The SMILES string of the molecule is CCCNc1cc(N2CC(C)OC(C)C2)nc(CCC)n1. The standard InChI is InChI=1S/C16H28N4O/c1-5-7-14-18-15(17-8-6-2)9-16(19-14)20-10-12(3)21-13(4)11-20/h9,12-13H,5-8,10-11H2,1-4H3,(H,17,18,19). The van der Waals surface area contributed by atoms with Crippen molar-refractivity contribution in [3.05, 3.63) is 11.9 Å². The molecule has 2 heterocycles. The molecule has 0 spiro atoms. The predicted molar refractivity (Wildman–Crippen MR) is 87.0 cm³/mol. The van der Waals surface area contributed by atoms with Gasteiger partial charge < -0.3 is 15.0 Å². The Bertz CT molecular complexity index is 442. The van der Waals surface area contributed by atoms with E-state index < -0.39 is 0 Å². The van der Waals surface area contributed by atoms with Crippen molar-refractivity contribution in [3.8, 4) is 0 Å². The Balaban J connectivity index is 2.21. The van der Waals surface area contributed by atoms with Crippen molar-refractivity contribution in [1.29, 1.82) is 0 Å². The molecule has 5 heteroatoms. The molecule has 1 fully saturated rings. The maximum absolute atomic E-state index is 5.81. The number of nitrogens with one attached hydrogen (secondary N) is 1. The van der Waals surface area contributed by atoms with Crippen LogP contribution in [0.5, 0.6) is 0 Å². The molecule has 1 aliphatic heterocycles. The van der Waals surface area contributed by atoms with Gasteiger partial charge >= 0.3 is 0 Å². The molecule has 1 aromatic heterocycles. The molecule has 0 amide bonds. The number of ether oxygens (including phenoxy) is 1. The third-order valence-corrected chi connectivity index (χ3v) is 3.53. The molecule has 1 aliphatic rings. The van der Waals surface area contributed by atoms with Crippen LogP contribution in [0.2, 0.25) is 0 Å². The average Bonchev–Trinajstić information content (AvgIpc) is 2.44. The fourth-order valence-electron chi connectivity index (χ4n) is 2.69. The first kappa shape index (κ1) is 16.0. The lowest BCUT2D eigenvalue weighted by Gasteiger charge is -2.36. The Morgan fingerprint density at radius 3 is 2.52 bits per heavy atom. The molecule has 1 saturated heterocycles. The van der Waals surface area contributed by atoms with Crippen LogP contribution in [-0.2, 0) is 11.2 Å². The molecule has 0 saturated carbocycles. The van der Waals surface area contributed by atoms with Crippen LogP contribution in [0.1, 0.15) is 46.4 Å². The number of morpholine rings is 1. The van der Waals surface area contributed by atoms with E-state index in [2.05, 4.69) is 49.0 Å². The minimum Gasteiger partial charge on any atom is -0.372 e. The number of aryl methyl sites for hydroxylation is 1. The summed E-state index contributed by atoms with van der Waals surface area (Å²) in [5, 5.41) is 3.39. The van der Waals surface area contributed by atoms with Gasteiger partial charge in [-0.05, 0) is 26.7 Å². The van der Waals surface area contributed by atoms with Crippen molar-refractivity contribution in [2.24, 2.45) is 0 Å². The highest BCUT2D eigenvalue weighted by molar-refractivity contribution is 5.50. The summed E-state index contributed by atoms with van der Waals surface area (Å²) in [6.45, 7) is 11.3. The van der Waals surface area contributed by atoms with Gasteiger partial charge in [0.25, 0.3) is 0 Å². The lowest BCUT2D eigenvalue weighted by Crippen LogP contribution is -2.46. The lowest BCUT2D eigenvalue weighted by molar-refractivity contribution is -0.00547. The van der Waals surface area contributed by atoms with Crippen molar-refractivity contribution in [1.82, 2.24) is 9.97 Å². The van der Waals surface area contributed by atoms with E-state index in [1.165, 1.54) is 0 Å². The molecular weight excluding hydrogens is 264 g/mol. The third-order valence-electron chi connectivity index (χ3n) is 3.53. The van der Waals surface area contributed by atoms with Crippen LogP contribution in [0.4, 0.5) is 11.6 Å². The van der Waals surface area contributed by atoms with Crippen molar-refractivity contribution in [2.45, 2.75) is 59.2 Å². The first-order chi connectivity index (χ1) is 10.1. The van der Waals surface area contributed by atoms with E-state index in [9.17, 15) is 0 Å². The highest BCUT2D eigenvalue weighted by atomic mass is 16.5. The van der Waals surface area contributed by atoms with Crippen molar-refractivity contribution in [3.63, 3.8) is 0 Å². The Kier molecular flexibility index (Phi) is 5.79. The third kappa shape index (κ3) is 4.56. The molecule has 21 heavy (non-hydrogen) atoms. The normalized spacial score (nSPS) is 22.4. The highest BCUT2D eigenvalue weighted by Crippen LogP contribution is 2.21. The van der Waals surface area contributed by atoms with Crippen LogP contribution < -0.4 is 10.2 Å². The monoisotopic (exact) mass is 292 g/mol. The van der Waals surface area contributed by atoms with Gasteiger partial charge in [0.1, 0.15) is 17.5 Å². The summed E-state index contributed by atoms with van der Waals surface area (Å²) >= 11 is 0. The highest BCUT2D eigenvalue weighted by Gasteiger charge is 2.23. The molecule has 118 valence electrons.